The number of carbonyl (C=O) groups excluding carboxylic acids is 3. The first-order valence-electron chi connectivity index (χ1n) is 11.3. The molecule has 4 amide bonds. The fourth-order valence-electron chi connectivity index (χ4n) is 4.68. The highest BCUT2D eigenvalue weighted by atomic mass is 32.2. The van der Waals surface area contributed by atoms with Crippen molar-refractivity contribution in [1.82, 2.24) is 25.1 Å². The third-order valence-electron chi connectivity index (χ3n) is 6.36. The van der Waals surface area contributed by atoms with Crippen LogP contribution in [0.3, 0.4) is 0 Å². The summed E-state index contributed by atoms with van der Waals surface area (Å²) in [4.78, 5) is 43.4. The van der Waals surface area contributed by atoms with Gasteiger partial charge < -0.3 is 15.1 Å². The number of rotatable bonds is 8. The average Bonchev–Trinajstić information content (AvgIpc) is 2.79. The van der Waals surface area contributed by atoms with E-state index in [0.29, 0.717) is 19.5 Å². The molecule has 2 atom stereocenters. The Morgan fingerprint density at radius 2 is 1.88 bits per heavy atom. The van der Waals surface area contributed by atoms with Gasteiger partial charge in [0.1, 0.15) is 12.2 Å². The van der Waals surface area contributed by atoms with Crippen molar-refractivity contribution in [3.05, 3.63) is 35.9 Å². The standard InChI is InChI=1S/C23H35N5O3S/c1-5-18(6-2)26-15-20-27(19(22(26)30)12-13-32-4)21(29)16-25(3)28(20)23(31)24-14-17-10-8-7-9-11-17/h7-11,18-20H,5-6,12-16H2,1-4H3,(H,24,31)/t19-,20-/m0/s1. The van der Waals surface area contributed by atoms with Crippen molar-refractivity contribution in [2.45, 2.75) is 57.9 Å². The summed E-state index contributed by atoms with van der Waals surface area (Å²) in [6, 6.07) is 9.03. The molecule has 176 valence electrons. The highest BCUT2D eigenvalue weighted by Gasteiger charge is 2.51. The van der Waals surface area contributed by atoms with Crippen molar-refractivity contribution in [2.75, 3.05) is 32.1 Å². The predicted octanol–water partition coefficient (Wildman–Crippen LogP) is 2.37. The van der Waals surface area contributed by atoms with E-state index < -0.39 is 12.2 Å². The SMILES string of the molecule is CCC(CC)N1C[C@H]2N(C(=O)CN(C)N2C(=O)NCc2ccccc2)[C@@H](CCSC)C1=O. The van der Waals surface area contributed by atoms with Gasteiger partial charge in [-0.3, -0.25) is 9.59 Å². The molecule has 1 aromatic carbocycles. The van der Waals surface area contributed by atoms with E-state index in [1.54, 1.807) is 33.7 Å². The molecule has 3 rings (SSSR count). The molecular weight excluding hydrogens is 426 g/mol. The maximum atomic E-state index is 13.4. The number of hydrazine groups is 1. The number of nitrogens with one attached hydrogen (secondary N) is 1. The molecule has 0 aliphatic carbocycles. The summed E-state index contributed by atoms with van der Waals surface area (Å²) in [5.74, 6) is 0.680. The van der Waals surface area contributed by atoms with Gasteiger partial charge in [-0.25, -0.2) is 14.8 Å². The van der Waals surface area contributed by atoms with E-state index in [1.807, 2.05) is 41.5 Å². The number of urea groups is 1. The molecule has 0 bridgehead atoms. The van der Waals surface area contributed by atoms with Crippen LogP contribution in [0.4, 0.5) is 4.79 Å². The molecule has 1 aromatic rings. The molecule has 1 N–H and O–H groups in total. The lowest BCUT2D eigenvalue weighted by Gasteiger charge is -2.55. The Morgan fingerprint density at radius 3 is 2.50 bits per heavy atom. The Morgan fingerprint density at radius 1 is 1.19 bits per heavy atom. The Balaban J connectivity index is 1.88. The normalized spacial score (nSPS) is 21.8. The molecule has 2 saturated heterocycles. The maximum absolute atomic E-state index is 13.4. The zero-order valence-corrected chi connectivity index (χ0v) is 20.3. The van der Waals surface area contributed by atoms with Gasteiger partial charge in [-0.1, -0.05) is 44.2 Å². The first-order chi connectivity index (χ1) is 15.4. The smallest absolute Gasteiger partial charge is 0.334 e. The molecule has 8 nitrogen and oxygen atoms in total. The van der Waals surface area contributed by atoms with Gasteiger partial charge in [0.2, 0.25) is 11.8 Å². The topological polar surface area (TPSA) is 76.2 Å². The molecule has 2 aliphatic rings. The molecule has 0 spiro atoms. The minimum atomic E-state index is -0.535. The van der Waals surface area contributed by atoms with E-state index in [-0.39, 0.29) is 30.4 Å². The van der Waals surface area contributed by atoms with Gasteiger partial charge in [-0.2, -0.15) is 11.8 Å². The molecule has 0 unspecified atom stereocenters. The monoisotopic (exact) mass is 461 g/mol. The van der Waals surface area contributed by atoms with Crippen LogP contribution in [0, 0.1) is 0 Å². The van der Waals surface area contributed by atoms with E-state index in [2.05, 4.69) is 19.2 Å². The van der Waals surface area contributed by atoms with Crippen molar-refractivity contribution in [3.8, 4) is 0 Å². The molecule has 2 aliphatic heterocycles. The van der Waals surface area contributed by atoms with E-state index >= 15 is 0 Å². The van der Waals surface area contributed by atoms with E-state index in [0.717, 1.165) is 24.2 Å². The lowest BCUT2D eigenvalue weighted by molar-refractivity contribution is -0.189. The molecule has 0 aromatic heterocycles. The lowest BCUT2D eigenvalue weighted by Crippen LogP contribution is -2.76. The molecular formula is C23H35N5O3S. The average molecular weight is 462 g/mol. The fraction of sp³-hybridized carbons (Fsp3) is 0.609. The van der Waals surface area contributed by atoms with Crippen LogP contribution in [-0.2, 0) is 16.1 Å². The summed E-state index contributed by atoms with van der Waals surface area (Å²) < 4.78 is 0. The fourth-order valence-corrected chi connectivity index (χ4v) is 5.14. The van der Waals surface area contributed by atoms with Crippen LogP contribution in [0.5, 0.6) is 0 Å². The van der Waals surface area contributed by atoms with Gasteiger partial charge >= 0.3 is 6.03 Å². The van der Waals surface area contributed by atoms with E-state index in [1.165, 1.54) is 0 Å². The molecule has 0 saturated carbocycles. The van der Waals surface area contributed by atoms with Crippen LogP contribution in [0.25, 0.3) is 0 Å². The summed E-state index contributed by atoms with van der Waals surface area (Å²) in [6.07, 6.45) is 3.76. The summed E-state index contributed by atoms with van der Waals surface area (Å²) in [7, 11) is 1.76. The number of benzene rings is 1. The maximum Gasteiger partial charge on any atom is 0.334 e. The van der Waals surface area contributed by atoms with E-state index in [4.69, 9.17) is 0 Å². The number of likely N-dealkylation sites (N-methyl/N-ethyl adjacent to an activating group) is 1. The van der Waals surface area contributed by atoms with Gasteiger partial charge in [-0.15, -0.1) is 0 Å². The Hall–Kier alpha value is -2.26. The summed E-state index contributed by atoms with van der Waals surface area (Å²) in [5, 5.41) is 6.29. The highest BCUT2D eigenvalue weighted by molar-refractivity contribution is 7.98. The second kappa shape index (κ2) is 11.0. The zero-order chi connectivity index (χ0) is 23.3. The predicted molar refractivity (Wildman–Crippen MR) is 127 cm³/mol. The number of fused-ring (bicyclic) bond motifs is 1. The first-order valence-corrected chi connectivity index (χ1v) is 12.7. The number of thioether (sulfide) groups is 1. The summed E-state index contributed by atoms with van der Waals surface area (Å²) >= 11 is 1.66. The van der Waals surface area contributed by atoms with Crippen LogP contribution >= 0.6 is 11.8 Å². The minimum absolute atomic E-state index is 0.00606. The molecule has 0 radical (unpaired) electrons. The van der Waals surface area contributed by atoms with Crippen LogP contribution in [0.1, 0.15) is 38.7 Å². The molecule has 9 heteroatoms. The van der Waals surface area contributed by atoms with Gasteiger partial charge in [0.25, 0.3) is 0 Å². The van der Waals surface area contributed by atoms with Gasteiger partial charge in [-0.05, 0) is 36.8 Å². The first kappa shape index (κ1) is 24.4. The van der Waals surface area contributed by atoms with Crippen molar-refractivity contribution in [2.24, 2.45) is 0 Å². The number of carbonyl (C=O) groups is 3. The van der Waals surface area contributed by atoms with Gasteiger partial charge in [0.15, 0.2) is 0 Å². The quantitative estimate of drug-likeness (QED) is 0.643. The molecule has 2 heterocycles. The van der Waals surface area contributed by atoms with Crippen LogP contribution in [0.15, 0.2) is 30.3 Å². The third-order valence-corrected chi connectivity index (χ3v) is 7.00. The summed E-state index contributed by atoms with van der Waals surface area (Å²) in [5.41, 5.74) is 1.00. The van der Waals surface area contributed by atoms with Crippen molar-refractivity contribution < 1.29 is 14.4 Å². The molecule has 32 heavy (non-hydrogen) atoms. The number of piperazine rings is 1. The van der Waals surface area contributed by atoms with Gasteiger partial charge in [0, 0.05) is 19.6 Å². The Kier molecular flexibility index (Phi) is 8.42. The molecule has 2 fully saturated rings. The Labute approximate surface area is 195 Å². The zero-order valence-electron chi connectivity index (χ0n) is 19.5. The van der Waals surface area contributed by atoms with E-state index in [9.17, 15) is 14.4 Å². The second-order valence-corrected chi connectivity index (χ2v) is 9.33. The van der Waals surface area contributed by atoms with Crippen molar-refractivity contribution in [1.29, 1.82) is 0 Å². The second-order valence-electron chi connectivity index (χ2n) is 8.34. The Bertz CT molecular complexity index is 804. The van der Waals surface area contributed by atoms with Crippen molar-refractivity contribution in [3.63, 3.8) is 0 Å². The largest absolute Gasteiger partial charge is 0.334 e. The lowest BCUT2D eigenvalue weighted by atomic mass is 10.0. The number of amides is 4. The number of nitrogens with zero attached hydrogens (tertiary/aromatic N) is 4. The summed E-state index contributed by atoms with van der Waals surface area (Å²) in [6.45, 7) is 4.95. The van der Waals surface area contributed by atoms with Gasteiger partial charge in [0.05, 0.1) is 13.1 Å². The third kappa shape index (κ3) is 5.04. The minimum Gasteiger partial charge on any atom is -0.334 e. The van der Waals surface area contributed by atoms with Crippen LogP contribution in [-0.4, -0.2) is 88.1 Å². The highest BCUT2D eigenvalue weighted by Crippen LogP contribution is 2.30. The van der Waals surface area contributed by atoms with Crippen LogP contribution < -0.4 is 5.32 Å². The number of hydrogen-bond acceptors (Lipinski definition) is 5. The van der Waals surface area contributed by atoms with Crippen LogP contribution in [0.2, 0.25) is 0 Å². The van der Waals surface area contributed by atoms with Crippen molar-refractivity contribution >= 4 is 29.6 Å². The number of hydrogen-bond donors (Lipinski definition) is 1.